The first-order valence-electron chi connectivity index (χ1n) is 7.69. The Balaban J connectivity index is 1.70. The molecule has 0 fully saturated rings. The summed E-state index contributed by atoms with van der Waals surface area (Å²) in [5.41, 5.74) is 2.32. The maximum absolute atomic E-state index is 12.7. The number of pyridine rings is 1. The van der Waals surface area contributed by atoms with Crippen LogP contribution in [-0.4, -0.2) is 18.6 Å². The number of hydrogen-bond donors (Lipinski definition) is 1. The van der Waals surface area contributed by atoms with Crippen LogP contribution >= 0.6 is 11.3 Å². The average Bonchev–Trinajstić information content (AvgIpc) is 3.12. The molecule has 2 aromatic heterocycles. The number of hydrogen-bond acceptors (Lipinski definition) is 4. The SMILES string of the molecule is COc1ccc(CN2CCc3c2[nH]c2sc(C)cc2c3=O)cc1. The first-order valence-corrected chi connectivity index (χ1v) is 8.50. The fourth-order valence-corrected chi connectivity index (χ4v) is 4.11. The van der Waals surface area contributed by atoms with Gasteiger partial charge in [-0.2, -0.15) is 0 Å². The number of aromatic amines is 1. The van der Waals surface area contributed by atoms with Crippen LogP contribution in [0.2, 0.25) is 0 Å². The monoisotopic (exact) mass is 326 g/mol. The number of benzene rings is 1. The van der Waals surface area contributed by atoms with E-state index in [0.717, 1.165) is 46.9 Å². The van der Waals surface area contributed by atoms with Crippen LogP contribution in [0, 0.1) is 6.92 Å². The number of anilines is 1. The van der Waals surface area contributed by atoms with Gasteiger partial charge in [-0.05, 0) is 37.1 Å². The summed E-state index contributed by atoms with van der Waals surface area (Å²) < 4.78 is 5.20. The van der Waals surface area contributed by atoms with Crippen molar-refractivity contribution in [3.63, 3.8) is 0 Å². The van der Waals surface area contributed by atoms with Crippen LogP contribution in [0.15, 0.2) is 35.1 Å². The standard InChI is InChI=1S/C18H18N2O2S/c1-11-9-15-16(21)14-7-8-20(17(14)19-18(15)23-11)10-12-3-5-13(22-2)6-4-12/h3-6,9H,7-8,10H2,1-2H3,(H,19,21). The number of nitrogens with zero attached hydrogens (tertiary/aromatic N) is 1. The third-order valence-corrected chi connectivity index (χ3v) is 5.34. The van der Waals surface area contributed by atoms with Crippen LogP contribution in [0.5, 0.6) is 5.75 Å². The molecular formula is C18H18N2O2S. The highest BCUT2D eigenvalue weighted by atomic mass is 32.1. The molecule has 1 aromatic carbocycles. The third-order valence-electron chi connectivity index (χ3n) is 4.37. The lowest BCUT2D eigenvalue weighted by atomic mass is 10.2. The first kappa shape index (κ1) is 14.3. The average molecular weight is 326 g/mol. The summed E-state index contributed by atoms with van der Waals surface area (Å²) in [5.74, 6) is 1.85. The van der Waals surface area contributed by atoms with E-state index in [1.807, 2.05) is 25.1 Å². The topological polar surface area (TPSA) is 45.3 Å². The normalized spacial score (nSPS) is 13.6. The number of methoxy groups -OCH3 is 1. The molecule has 4 nitrogen and oxygen atoms in total. The molecule has 0 aliphatic carbocycles. The molecule has 0 spiro atoms. The van der Waals surface area contributed by atoms with Crippen LogP contribution in [0.3, 0.4) is 0 Å². The zero-order valence-electron chi connectivity index (χ0n) is 13.2. The molecule has 1 N–H and O–H groups in total. The number of aryl methyl sites for hydroxylation is 1. The van der Waals surface area contributed by atoms with Crippen molar-refractivity contribution in [3.8, 4) is 5.75 Å². The number of rotatable bonds is 3. The van der Waals surface area contributed by atoms with Gasteiger partial charge in [-0.1, -0.05) is 12.1 Å². The summed E-state index contributed by atoms with van der Waals surface area (Å²) in [6.07, 6.45) is 0.811. The second kappa shape index (κ2) is 5.42. The van der Waals surface area contributed by atoms with Crippen LogP contribution < -0.4 is 15.1 Å². The van der Waals surface area contributed by atoms with Crippen molar-refractivity contribution in [2.24, 2.45) is 0 Å². The Labute approximate surface area is 138 Å². The van der Waals surface area contributed by atoms with Crippen LogP contribution in [-0.2, 0) is 13.0 Å². The minimum atomic E-state index is 0.190. The minimum absolute atomic E-state index is 0.190. The maximum atomic E-state index is 12.7. The second-order valence-electron chi connectivity index (χ2n) is 5.90. The Morgan fingerprint density at radius 1 is 1.30 bits per heavy atom. The van der Waals surface area contributed by atoms with Crippen molar-refractivity contribution in [1.29, 1.82) is 0 Å². The molecule has 1 aliphatic heterocycles. The van der Waals surface area contributed by atoms with E-state index in [1.165, 1.54) is 10.4 Å². The second-order valence-corrected chi connectivity index (χ2v) is 7.16. The Bertz CT molecular complexity index is 925. The van der Waals surface area contributed by atoms with E-state index in [4.69, 9.17) is 4.74 Å². The van der Waals surface area contributed by atoms with Crippen molar-refractivity contribution in [3.05, 3.63) is 56.6 Å². The number of fused-ring (bicyclic) bond motifs is 2. The fourth-order valence-electron chi connectivity index (χ4n) is 3.20. The summed E-state index contributed by atoms with van der Waals surface area (Å²) >= 11 is 1.65. The highest BCUT2D eigenvalue weighted by molar-refractivity contribution is 7.18. The van der Waals surface area contributed by atoms with E-state index in [1.54, 1.807) is 18.4 Å². The maximum Gasteiger partial charge on any atom is 0.195 e. The highest BCUT2D eigenvalue weighted by Gasteiger charge is 2.24. The van der Waals surface area contributed by atoms with Gasteiger partial charge in [0.15, 0.2) is 5.43 Å². The van der Waals surface area contributed by atoms with E-state index in [9.17, 15) is 4.79 Å². The smallest absolute Gasteiger partial charge is 0.195 e. The molecule has 5 heteroatoms. The van der Waals surface area contributed by atoms with Crippen LogP contribution in [0.4, 0.5) is 5.82 Å². The molecule has 0 atom stereocenters. The van der Waals surface area contributed by atoms with Gasteiger partial charge in [-0.3, -0.25) is 4.79 Å². The number of H-pyrrole nitrogens is 1. The predicted molar refractivity (Wildman–Crippen MR) is 94.9 cm³/mol. The summed E-state index contributed by atoms with van der Waals surface area (Å²) in [6.45, 7) is 3.71. The third kappa shape index (κ3) is 2.41. The largest absolute Gasteiger partial charge is 0.497 e. The molecular weight excluding hydrogens is 308 g/mol. The number of thiophene rings is 1. The van der Waals surface area contributed by atoms with Crippen molar-refractivity contribution in [1.82, 2.24) is 4.98 Å². The molecule has 0 saturated heterocycles. The Morgan fingerprint density at radius 3 is 2.83 bits per heavy atom. The lowest BCUT2D eigenvalue weighted by molar-refractivity contribution is 0.414. The molecule has 118 valence electrons. The lowest BCUT2D eigenvalue weighted by Gasteiger charge is -2.19. The number of nitrogens with one attached hydrogen (secondary N) is 1. The number of ether oxygens (including phenoxy) is 1. The van der Waals surface area contributed by atoms with E-state index in [0.29, 0.717) is 0 Å². The minimum Gasteiger partial charge on any atom is -0.497 e. The van der Waals surface area contributed by atoms with E-state index >= 15 is 0 Å². The molecule has 4 rings (SSSR count). The van der Waals surface area contributed by atoms with Gasteiger partial charge in [-0.15, -0.1) is 11.3 Å². The zero-order valence-corrected chi connectivity index (χ0v) is 14.0. The molecule has 23 heavy (non-hydrogen) atoms. The van der Waals surface area contributed by atoms with Gasteiger partial charge in [0.2, 0.25) is 0 Å². The number of aromatic nitrogens is 1. The van der Waals surface area contributed by atoms with Gasteiger partial charge in [0.1, 0.15) is 16.4 Å². The van der Waals surface area contributed by atoms with E-state index in [2.05, 4.69) is 22.0 Å². The van der Waals surface area contributed by atoms with Gasteiger partial charge < -0.3 is 14.6 Å². The fraction of sp³-hybridized carbons (Fsp3) is 0.278. The van der Waals surface area contributed by atoms with Gasteiger partial charge in [0, 0.05) is 23.5 Å². The Morgan fingerprint density at radius 2 is 2.09 bits per heavy atom. The summed E-state index contributed by atoms with van der Waals surface area (Å²) in [6, 6.07) is 10.1. The molecule has 0 bridgehead atoms. The molecule has 0 radical (unpaired) electrons. The molecule has 0 saturated carbocycles. The predicted octanol–water partition coefficient (Wildman–Crippen LogP) is 3.47. The van der Waals surface area contributed by atoms with Crippen LogP contribution in [0.1, 0.15) is 16.0 Å². The zero-order chi connectivity index (χ0) is 16.0. The lowest BCUT2D eigenvalue weighted by Crippen LogP contribution is -2.20. The summed E-state index contributed by atoms with van der Waals surface area (Å²) in [7, 11) is 1.67. The summed E-state index contributed by atoms with van der Waals surface area (Å²) in [5, 5.41) is 0.831. The highest BCUT2D eigenvalue weighted by Crippen LogP contribution is 2.30. The van der Waals surface area contributed by atoms with E-state index in [-0.39, 0.29) is 5.43 Å². The molecule has 3 aromatic rings. The van der Waals surface area contributed by atoms with Gasteiger partial charge in [-0.25, -0.2) is 0 Å². The van der Waals surface area contributed by atoms with Crippen molar-refractivity contribution in [2.75, 3.05) is 18.6 Å². The molecule has 3 heterocycles. The molecule has 0 amide bonds. The van der Waals surface area contributed by atoms with Gasteiger partial charge in [0.05, 0.1) is 12.5 Å². The Hall–Kier alpha value is -2.27. The molecule has 0 unspecified atom stereocenters. The van der Waals surface area contributed by atoms with Crippen molar-refractivity contribution in [2.45, 2.75) is 19.9 Å². The summed E-state index contributed by atoms with van der Waals surface area (Å²) in [4.78, 5) is 20.5. The molecule has 1 aliphatic rings. The van der Waals surface area contributed by atoms with Crippen LogP contribution in [0.25, 0.3) is 10.2 Å². The first-order chi connectivity index (χ1) is 11.2. The van der Waals surface area contributed by atoms with Crippen molar-refractivity contribution >= 4 is 27.4 Å². The van der Waals surface area contributed by atoms with Gasteiger partial charge >= 0.3 is 0 Å². The quantitative estimate of drug-likeness (QED) is 0.801. The van der Waals surface area contributed by atoms with E-state index < -0.39 is 0 Å². The van der Waals surface area contributed by atoms with Crippen molar-refractivity contribution < 1.29 is 4.74 Å². The van der Waals surface area contributed by atoms with Gasteiger partial charge in [0.25, 0.3) is 0 Å². The Kier molecular flexibility index (Phi) is 3.38.